The predicted molar refractivity (Wildman–Crippen MR) is 112 cm³/mol. The SMILES string of the molecule is CC1C(=O)N(CC(=O)Nc2cccc(N3CCCC3=O)c2)C(=O)N1c1ccc(F)cc1. The van der Waals surface area contributed by atoms with Crippen molar-refractivity contribution >= 4 is 40.8 Å². The van der Waals surface area contributed by atoms with Crippen LogP contribution in [0.4, 0.5) is 26.2 Å². The summed E-state index contributed by atoms with van der Waals surface area (Å²) in [5.74, 6) is -1.48. The van der Waals surface area contributed by atoms with Gasteiger partial charge in [-0.05, 0) is 55.8 Å². The third kappa shape index (κ3) is 3.98. The van der Waals surface area contributed by atoms with Gasteiger partial charge in [0.2, 0.25) is 11.8 Å². The normalized spacial score (nSPS) is 18.8. The number of anilines is 3. The first-order chi connectivity index (χ1) is 14.8. The molecule has 0 bridgehead atoms. The molecule has 1 N–H and O–H groups in total. The average molecular weight is 424 g/mol. The third-order valence-electron chi connectivity index (χ3n) is 5.37. The minimum atomic E-state index is -0.810. The van der Waals surface area contributed by atoms with E-state index in [2.05, 4.69) is 5.32 Å². The van der Waals surface area contributed by atoms with E-state index in [0.717, 1.165) is 11.3 Å². The number of amides is 5. The van der Waals surface area contributed by atoms with Gasteiger partial charge in [0.25, 0.3) is 5.91 Å². The van der Waals surface area contributed by atoms with Crippen molar-refractivity contribution in [2.45, 2.75) is 25.8 Å². The molecule has 2 aromatic rings. The third-order valence-corrected chi connectivity index (χ3v) is 5.37. The molecule has 8 nitrogen and oxygen atoms in total. The van der Waals surface area contributed by atoms with E-state index in [4.69, 9.17) is 0 Å². The summed E-state index contributed by atoms with van der Waals surface area (Å²) >= 11 is 0. The van der Waals surface area contributed by atoms with Gasteiger partial charge < -0.3 is 10.2 Å². The fourth-order valence-corrected chi connectivity index (χ4v) is 3.82. The number of imide groups is 1. The largest absolute Gasteiger partial charge is 0.332 e. The first kappa shape index (κ1) is 20.5. The lowest BCUT2D eigenvalue weighted by atomic mass is 10.2. The Kier molecular flexibility index (Phi) is 5.41. The molecule has 2 saturated heterocycles. The molecule has 2 aromatic carbocycles. The topological polar surface area (TPSA) is 90.0 Å². The van der Waals surface area contributed by atoms with Crippen molar-refractivity contribution in [3.63, 3.8) is 0 Å². The zero-order valence-corrected chi connectivity index (χ0v) is 16.9. The molecule has 5 amide bonds. The molecule has 0 spiro atoms. The van der Waals surface area contributed by atoms with Crippen LogP contribution in [0.2, 0.25) is 0 Å². The van der Waals surface area contributed by atoms with Crippen LogP contribution < -0.4 is 15.1 Å². The van der Waals surface area contributed by atoms with Gasteiger partial charge in [-0.1, -0.05) is 6.07 Å². The van der Waals surface area contributed by atoms with Gasteiger partial charge in [0.15, 0.2) is 0 Å². The van der Waals surface area contributed by atoms with Crippen LogP contribution in [0.25, 0.3) is 0 Å². The highest BCUT2D eigenvalue weighted by Crippen LogP contribution is 2.27. The summed E-state index contributed by atoms with van der Waals surface area (Å²) < 4.78 is 13.2. The van der Waals surface area contributed by atoms with Gasteiger partial charge in [-0.2, -0.15) is 0 Å². The quantitative estimate of drug-likeness (QED) is 0.748. The van der Waals surface area contributed by atoms with Crippen molar-refractivity contribution in [2.75, 3.05) is 28.2 Å². The van der Waals surface area contributed by atoms with Crippen molar-refractivity contribution in [2.24, 2.45) is 0 Å². The second-order valence-electron chi connectivity index (χ2n) is 7.48. The molecular weight excluding hydrogens is 403 g/mol. The van der Waals surface area contributed by atoms with E-state index in [1.165, 1.54) is 29.2 Å². The summed E-state index contributed by atoms with van der Waals surface area (Å²) in [6, 6.07) is 10.6. The van der Waals surface area contributed by atoms with E-state index in [0.29, 0.717) is 30.0 Å². The Morgan fingerprint density at radius 1 is 1.10 bits per heavy atom. The zero-order chi connectivity index (χ0) is 22.1. The van der Waals surface area contributed by atoms with Crippen molar-refractivity contribution in [3.05, 3.63) is 54.3 Å². The standard InChI is InChI=1S/C22H21FN4O4/c1-14-21(30)26(22(31)27(14)17-9-7-15(23)8-10-17)13-19(28)24-16-4-2-5-18(12-16)25-11-3-6-20(25)29/h2,4-5,7-10,12,14H,3,6,11,13H2,1H3,(H,24,28). The lowest BCUT2D eigenvalue weighted by molar-refractivity contribution is -0.130. The van der Waals surface area contributed by atoms with Gasteiger partial charge >= 0.3 is 6.03 Å². The molecule has 0 saturated carbocycles. The highest BCUT2D eigenvalue weighted by molar-refractivity contribution is 6.16. The number of benzene rings is 2. The van der Waals surface area contributed by atoms with Crippen molar-refractivity contribution in [1.29, 1.82) is 0 Å². The smallest absolute Gasteiger partial charge is 0.324 e. The second kappa shape index (κ2) is 8.17. The Morgan fingerprint density at radius 2 is 1.84 bits per heavy atom. The van der Waals surface area contributed by atoms with Gasteiger partial charge in [-0.15, -0.1) is 0 Å². The molecule has 2 fully saturated rings. The maximum atomic E-state index is 13.2. The number of hydrogen-bond donors (Lipinski definition) is 1. The lowest BCUT2D eigenvalue weighted by Crippen LogP contribution is -2.39. The number of carbonyl (C=O) groups excluding carboxylic acids is 4. The first-order valence-corrected chi connectivity index (χ1v) is 9.95. The minimum absolute atomic E-state index is 0.0339. The Morgan fingerprint density at radius 3 is 2.52 bits per heavy atom. The van der Waals surface area contributed by atoms with Crippen molar-refractivity contribution < 1.29 is 23.6 Å². The monoisotopic (exact) mass is 424 g/mol. The fourth-order valence-electron chi connectivity index (χ4n) is 3.82. The van der Waals surface area contributed by atoms with Gasteiger partial charge in [0.1, 0.15) is 18.4 Å². The maximum absolute atomic E-state index is 13.2. The minimum Gasteiger partial charge on any atom is -0.324 e. The molecule has 0 aromatic heterocycles. The molecule has 9 heteroatoms. The van der Waals surface area contributed by atoms with E-state index >= 15 is 0 Å². The van der Waals surface area contributed by atoms with Crippen LogP contribution in [0.5, 0.6) is 0 Å². The summed E-state index contributed by atoms with van der Waals surface area (Å²) in [5, 5.41) is 2.67. The summed E-state index contributed by atoms with van der Waals surface area (Å²) in [5.41, 5.74) is 1.52. The van der Waals surface area contributed by atoms with E-state index in [-0.39, 0.29) is 5.91 Å². The van der Waals surface area contributed by atoms with E-state index < -0.39 is 36.2 Å². The van der Waals surface area contributed by atoms with Crippen LogP contribution in [0, 0.1) is 5.82 Å². The van der Waals surface area contributed by atoms with Gasteiger partial charge in [-0.3, -0.25) is 24.2 Å². The van der Waals surface area contributed by atoms with Gasteiger partial charge in [-0.25, -0.2) is 9.18 Å². The number of hydrogen-bond acceptors (Lipinski definition) is 4. The van der Waals surface area contributed by atoms with Crippen LogP contribution in [0.15, 0.2) is 48.5 Å². The van der Waals surface area contributed by atoms with Crippen LogP contribution in [-0.4, -0.2) is 47.8 Å². The Balaban J connectivity index is 1.45. The van der Waals surface area contributed by atoms with Crippen molar-refractivity contribution in [1.82, 2.24) is 4.90 Å². The van der Waals surface area contributed by atoms with Gasteiger partial charge in [0.05, 0.1) is 0 Å². The lowest BCUT2D eigenvalue weighted by Gasteiger charge is -2.19. The number of urea groups is 1. The first-order valence-electron chi connectivity index (χ1n) is 9.95. The average Bonchev–Trinajstić information content (AvgIpc) is 3.26. The molecule has 0 aliphatic carbocycles. The molecule has 0 radical (unpaired) electrons. The zero-order valence-electron chi connectivity index (χ0n) is 16.9. The number of halogens is 1. The highest BCUT2D eigenvalue weighted by Gasteiger charge is 2.44. The van der Waals surface area contributed by atoms with Crippen LogP contribution in [-0.2, 0) is 14.4 Å². The molecule has 2 aliphatic heterocycles. The van der Waals surface area contributed by atoms with Crippen LogP contribution in [0.3, 0.4) is 0 Å². The summed E-state index contributed by atoms with van der Waals surface area (Å²) in [6.07, 6.45) is 1.29. The number of nitrogens with one attached hydrogen (secondary N) is 1. The number of rotatable bonds is 5. The number of carbonyl (C=O) groups is 4. The van der Waals surface area contributed by atoms with Crippen molar-refractivity contribution in [3.8, 4) is 0 Å². The predicted octanol–water partition coefficient (Wildman–Crippen LogP) is 2.75. The van der Waals surface area contributed by atoms with E-state index in [1.54, 1.807) is 36.1 Å². The second-order valence-corrected chi connectivity index (χ2v) is 7.48. The van der Waals surface area contributed by atoms with E-state index in [1.807, 2.05) is 0 Å². The highest BCUT2D eigenvalue weighted by atomic mass is 19.1. The summed E-state index contributed by atoms with van der Waals surface area (Å²) in [7, 11) is 0. The van der Waals surface area contributed by atoms with Crippen LogP contribution in [0.1, 0.15) is 19.8 Å². The molecular formula is C22H21FN4O4. The Bertz CT molecular complexity index is 1060. The van der Waals surface area contributed by atoms with Crippen LogP contribution >= 0.6 is 0 Å². The molecule has 1 atom stereocenters. The molecule has 1 unspecified atom stereocenters. The molecule has 2 aliphatic rings. The Hall–Kier alpha value is -3.75. The van der Waals surface area contributed by atoms with E-state index in [9.17, 15) is 23.6 Å². The Labute approximate surface area is 178 Å². The molecule has 4 rings (SSSR count). The fraction of sp³-hybridized carbons (Fsp3) is 0.273. The maximum Gasteiger partial charge on any atom is 0.332 e. The summed E-state index contributed by atoms with van der Waals surface area (Å²) in [6.45, 7) is 1.73. The summed E-state index contributed by atoms with van der Waals surface area (Å²) in [4.78, 5) is 53.6. The molecule has 160 valence electrons. The molecule has 31 heavy (non-hydrogen) atoms. The molecule has 2 heterocycles. The van der Waals surface area contributed by atoms with Gasteiger partial charge in [0, 0.05) is 30.0 Å². The number of nitrogens with zero attached hydrogens (tertiary/aromatic N) is 3.